The first-order valence-corrected chi connectivity index (χ1v) is 8.44. The molecule has 1 heterocycles. The maximum Gasteiger partial charge on any atom is 0.259 e. The van der Waals surface area contributed by atoms with E-state index < -0.39 is 0 Å². The lowest BCUT2D eigenvalue weighted by Crippen LogP contribution is -2.21. The molecule has 5 nitrogen and oxygen atoms in total. The zero-order valence-electron chi connectivity index (χ0n) is 15.1. The van der Waals surface area contributed by atoms with Crippen LogP contribution in [0.2, 0.25) is 0 Å². The number of ether oxygens (including phenoxy) is 1. The molecule has 3 aromatic rings. The van der Waals surface area contributed by atoms with Crippen molar-refractivity contribution in [3.63, 3.8) is 0 Å². The summed E-state index contributed by atoms with van der Waals surface area (Å²) >= 11 is 0. The second kappa shape index (κ2) is 7.71. The Kier molecular flexibility index (Phi) is 5.18. The topological polar surface area (TPSA) is 72.1 Å². The predicted octanol–water partition coefficient (Wildman–Crippen LogP) is 3.72. The van der Waals surface area contributed by atoms with Crippen molar-refractivity contribution in [3.05, 3.63) is 92.9 Å². The second-order valence-electron chi connectivity index (χ2n) is 6.23. The molecular weight excluding hydrogens is 340 g/mol. The van der Waals surface area contributed by atoms with Gasteiger partial charge in [-0.2, -0.15) is 5.26 Å². The molecule has 2 aromatic carbocycles. The van der Waals surface area contributed by atoms with Crippen molar-refractivity contribution in [2.45, 2.75) is 20.5 Å². The minimum Gasteiger partial charge on any atom is -0.489 e. The molecule has 0 aliphatic carbocycles. The molecule has 0 fully saturated rings. The molecule has 0 atom stereocenters. The van der Waals surface area contributed by atoms with Gasteiger partial charge in [0.15, 0.2) is 0 Å². The lowest BCUT2D eigenvalue weighted by molar-refractivity contribution is 0.112. The third-order valence-corrected chi connectivity index (χ3v) is 4.33. The fraction of sp³-hybridized carbons (Fsp3) is 0.136. The lowest BCUT2D eigenvalue weighted by Gasteiger charge is -2.15. The Bertz CT molecular complexity index is 1110. The summed E-state index contributed by atoms with van der Waals surface area (Å²) in [5.74, 6) is 0.436. The average molecular weight is 358 g/mol. The van der Waals surface area contributed by atoms with Crippen molar-refractivity contribution in [1.82, 2.24) is 4.57 Å². The molecule has 0 bridgehead atoms. The standard InChI is InChI=1S/C22H18N2O3/c1-15-7-8-17(13-25)10-21(15)24-16(2)9-20(11-22(24)26)27-14-19-6-4-3-5-18(19)12-23/h3-11,13H,14H2,1-2H3. The third kappa shape index (κ3) is 3.80. The fourth-order valence-corrected chi connectivity index (χ4v) is 2.92. The van der Waals surface area contributed by atoms with Crippen molar-refractivity contribution < 1.29 is 9.53 Å². The van der Waals surface area contributed by atoms with Gasteiger partial charge < -0.3 is 4.74 Å². The van der Waals surface area contributed by atoms with E-state index in [0.717, 1.165) is 17.4 Å². The van der Waals surface area contributed by atoms with Gasteiger partial charge in [0.05, 0.1) is 17.3 Å². The van der Waals surface area contributed by atoms with Gasteiger partial charge >= 0.3 is 0 Å². The van der Waals surface area contributed by atoms with Gasteiger partial charge in [0.2, 0.25) is 0 Å². The van der Waals surface area contributed by atoms with E-state index in [1.54, 1.807) is 34.9 Å². The molecular formula is C22H18N2O3. The number of aromatic nitrogens is 1. The Balaban J connectivity index is 1.93. The van der Waals surface area contributed by atoms with E-state index in [9.17, 15) is 9.59 Å². The largest absolute Gasteiger partial charge is 0.489 e. The Morgan fingerprint density at radius 3 is 2.59 bits per heavy atom. The van der Waals surface area contributed by atoms with Crippen LogP contribution in [0, 0.1) is 25.2 Å². The summed E-state index contributed by atoms with van der Waals surface area (Å²) in [6.45, 7) is 3.90. The monoisotopic (exact) mass is 358 g/mol. The molecule has 134 valence electrons. The number of hydrogen-bond acceptors (Lipinski definition) is 4. The number of hydrogen-bond donors (Lipinski definition) is 0. The van der Waals surface area contributed by atoms with Crippen LogP contribution < -0.4 is 10.3 Å². The first-order chi connectivity index (χ1) is 13.0. The van der Waals surface area contributed by atoms with Crippen molar-refractivity contribution >= 4 is 6.29 Å². The number of benzene rings is 2. The normalized spacial score (nSPS) is 10.3. The van der Waals surface area contributed by atoms with Crippen LogP contribution in [0.1, 0.15) is 32.7 Å². The Morgan fingerprint density at radius 2 is 1.89 bits per heavy atom. The van der Waals surface area contributed by atoms with Gasteiger partial charge in [0, 0.05) is 29.0 Å². The average Bonchev–Trinajstić information content (AvgIpc) is 2.67. The molecule has 0 radical (unpaired) electrons. The minimum absolute atomic E-state index is 0.201. The number of aryl methyl sites for hydroxylation is 2. The summed E-state index contributed by atoms with van der Waals surface area (Å²) in [4.78, 5) is 23.8. The second-order valence-corrected chi connectivity index (χ2v) is 6.23. The maximum absolute atomic E-state index is 12.7. The van der Waals surface area contributed by atoms with Crippen molar-refractivity contribution in [2.75, 3.05) is 0 Å². The maximum atomic E-state index is 12.7. The van der Waals surface area contributed by atoms with Gasteiger partial charge in [0.1, 0.15) is 18.6 Å². The highest BCUT2D eigenvalue weighted by Gasteiger charge is 2.10. The van der Waals surface area contributed by atoms with E-state index in [1.165, 1.54) is 6.07 Å². The summed E-state index contributed by atoms with van der Waals surface area (Å²) in [5.41, 5.74) is 3.82. The summed E-state index contributed by atoms with van der Waals surface area (Å²) in [6.07, 6.45) is 0.757. The third-order valence-electron chi connectivity index (χ3n) is 4.33. The summed E-state index contributed by atoms with van der Waals surface area (Å²) in [7, 11) is 0. The molecule has 0 spiro atoms. The van der Waals surface area contributed by atoms with E-state index >= 15 is 0 Å². The lowest BCUT2D eigenvalue weighted by atomic mass is 10.1. The zero-order chi connectivity index (χ0) is 19.4. The summed E-state index contributed by atoms with van der Waals surface area (Å²) in [5, 5.41) is 9.15. The van der Waals surface area contributed by atoms with Gasteiger partial charge in [-0.15, -0.1) is 0 Å². The molecule has 27 heavy (non-hydrogen) atoms. The van der Waals surface area contributed by atoms with Crippen LogP contribution in [-0.4, -0.2) is 10.9 Å². The van der Waals surface area contributed by atoms with Crippen LogP contribution in [0.25, 0.3) is 5.69 Å². The summed E-state index contributed by atoms with van der Waals surface area (Å²) < 4.78 is 7.30. The van der Waals surface area contributed by atoms with Crippen LogP contribution in [0.5, 0.6) is 5.75 Å². The van der Waals surface area contributed by atoms with E-state index in [4.69, 9.17) is 10.00 Å². The van der Waals surface area contributed by atoms with Gasteiger partial charge in [-0.05, 0) is 31.5 Å². The van der Waals surface area contributed by atoms with Gasteiger partial charge in [0.25, 0.3) is 5.56 Å². The van der Waals surface area contributed by atoms with Gasteiger partial charge in [-0.3, -0.25) is 14.2 Å². The number of aldehydes is 1. The van der Waals surface area contributed by atoms with Crippen LogP contribution in [-0.2, 0) is 6.61 Å². The highest BCUT2D eigenvalue weighted by Crippen LogP contribution is 2.19. The zero-order valence-corrected chi connectivity index (χ0v) is 15.1. The van der Waals surface area contributed by atoms with Crippen LogP contribution in [0.3, 0.4) is 0 Å². The minimum atomic E-state index is -0.246. The van der Waals surface area contributed by atoms with Crippen molar-refractivity contribution in [1.29, 1.82) is 5.26 Å². The van der Waals surface area contributed by atoms with Crippen LogP contribution >= 0.6 is 0 Å². The first kappa shape index (κ1) is 18.2. The molecule has 0 unspecified atom stereocenters. The molecule has 0 saturated carbocycles. The number of rotatable bonds is 5. The molecule has 3 rings (SSSR count). The summed E-state index contributed by atoms with van der Waals surface area (Å²) in [6, 6.07) is 17.7. The van der Waals surface area contributed by atoms with Gasteiger partial charge in [-0.1, -0.05) is 30.3 Å². The number of nitrogens with zero attached hydrogens (tertiary/aromatic N) is 2. The number of pyridine rings is 1. The molecule has 0 aliphatic rings. The van der Waals surface area contributed by atoms with Crippen LogP contribution in [0.15, 0.2) is 59.4 Å². The molecule has 0 aliphatic heterocycles. The van der Waals surface area contributed by atoms with E-state index in [0.29, 0.717) is 28.3 Å². The van der Waals surface area contributed by atoms with Crippen molar-refractivity contribution in [2.24, 2.45) is 0 Å². The molecule has 5 heteroatoms. The highest BCUT2D eigenvalue weighted by molar-refractivity contribution is 5.76. The quantitative estimate of drug-likeness (QED) is 0.652. The van der Waals surface area contributed by atoms with E-state index in [2.05, 4.69) is 6.07 Å². The van der Waals surface area contributed by atoms with E-state index in [-0.39, 0.29) is 12.2 Å². The predicted molar refractivity (Wildman–Crippen MR) is 102 cm³/mol. The fourth-order valence-electron chi connectivity index (χ4n) is 2.92. The SMILES string of the molecule is Cc1ccc(C=O)cc1-n1c(C)cc(OCc2ccccc2C#N)cc1=O. The Morgan fingerprint density at radius 1 is 1.11 bits per heavy atom. The molecule has 1 aromatic heterocycles. The highest BCUT2D eigenvalue weighted by atomic mass is 16.5. The molecule has 0 amide bonds. The Labute approximate surface area is 157 Å². The number of nitriles is 1. The van der Waals surface area contributed by atoms with Crippen LogP contribution in [0.4, 0.5) is 0 Å². The smallest absolute Gasteiger partial charge is 0.259 e. The van der Waals surface area contributed by atoms with E-state index in [1.807, 2.05) is 32.0 Å². The molecule has 0 saturated heterocycles. The van der Waals surface area contributed by atoms with Crippen molar-refractivity contribution in [3.8, 4) is 17.5 Å². The Hall–Kier alpha value is -3.65. The molecule has 0 N–H and O–H groups in total. The number of carbonyl (C=O) groups is 1. The number of carbonyl (C=O) groups excluding carboxylic acids is 1. The first-order valence-electron chi connectivity index (χ1n) is 8.44. The van der Waals surface area contributed by atoms with Gasteiger partial charge in [-0.25, -0.2) is 0 Å².